The highest BCUT2D eigenvalue weighted by Gasteiger charge is 2.09. The summed E-state index contributed by atoms with van der Waals surface area (Å²) < 4.78 is 0. The van der Waals surface area contributed by atoms with E-state index in [4.69, 9.17) is 0 Å². The molecule has 0 aliphatic rings. The van der Waals surface area contributed by atoms with Gasteiger partial charge in [-0.3, -0.25) is 4.79 Å². The fourth-order valence-corrected chi connectivity index (χ4v) is 2.23. The summed E-state index contributed by atoms with van der Waals surface area (Å²) in [5, 5.41) is 2.97. The van der Waals surface area contributed by atoms with Gasteiger partial charge in [0.25, 0.3) is 5.91 Å². The standard InChI is InChI=1S/C17H19NO/c1-11-5-6-14(4)16(10-11)17(19)18-15-8-12(2)7-13(3)9-15/h5-10H,1-4H3,(H,18,19). The lowest BCUT2D eigenvalue weighted by molar-refractivity contribution is 0.102. The molecule has 0 saturated heterocycles. The maximum Gasteiger partial charge on any atom is 0.255 e. The summed E-state index contributed by atoms with van der Waals surface area (Å²) in [6, 6.07) is 12.0. The monoisotopic (exact) mass is 253 g/mol. The highest BCUT2D eigenvalue weighted by molar-refractivity contribution is 6.05. The average Bonchev–Trinajstić information content (AvgIpc) is 2.30. The molecule has 0 bridgehead atoms. The number of anilines is 1. The molecule has 1 amide bonds. The lowest BCUT2D eigenvalue weighted by Gasteiger charge is -2.10. The van der Waals surface area contributed by atoms with Crippen molar-refractivity contribution in [2.75, 3.05) is 5.32 Å². The number of hydrogen-bond donors (Lipinski definition) is 1. The molecule has 2 heteroatoms. The van der Waals surface area contributed by atoms with E-state index in [2.05, 4.69) is 11.4 Å². The van der Waals surface area contributed by atoms with Gasteiger partial charge < -0.3 is 5.32 Å². The Labute approximate surface area is 114 Å². The summed E-state index contributed by atoms with van der Waals surface area (Å²) in [5.41, 5.74) is 5.97. The van der Waals surface area contributed by atoms with Gasteiger partial charge in [-0.15, -0.1) is 0 Å². The van der Waals surface area contributed by atoms with Gasteiger partial charge in [0.2, 0.25) is 0 Å². The number of aryl methyl sites for hydroxylation is 4. The summed E-state index contributed by atoms with van der Waals surface area (Å²) >= 11 is 0. The Kier molecular flexibility index (Phi) is 3.70. The SMILES string of the molecule is Cc1cc(C)cc(NC(=O)c2cc(C)ccc2C)c1. The maximum atomic E-state index is 12.3. The van der Waals surface area contributed by atoms with Crippen LogP contribution in [-0.2, 0) is 0 Å². The van der Waals surface area contributed by atoms with E-state index in [1.165, 1.54) is 0 Å². The third-order valence-corrected chi connectivity index (χ3v) is 3.12. The van der Waals surface area contributed by atoms with E-state index < -0.39 is 0 Å². The first-order chi connectivity index (χ1) is 8.95. The van der Waals surface area contributed by atoms with Crippen molar-refractivity contribution in [1.29, 1.82) is 0 Å². The van der Waals surface area contributed by atoms with Crippen LogP contribution in [0.5, 0.6) is 0 Å². The zero-order chi connectivity index (χ0) is 14.0. The first-order valence-corrected chi connectivity index (χ1v) is 6.42. The zero-order valence-corrected chi connectivity index (χ0v) is 11.9. The Morgan fingerprint density at radius 1 is 0.842 bits per heavy atom. The number of benzene rings is 2. The van der Waals surface area contributed by atoms with Gasteiger partial charge in [0.1, 0.15) is 0 Å². The van der Waals surface area contributed by atoms with Gasteiger partial charge in [-0.2, -0.15) is 0 Å². The molecule has 19 heavy (non-hydrogen) atoms. The Balaban J connectivity index is 2.28. The first-order valence-electron chi connectivity index (χ1n) is 6.42. The molecule has 2 rings (SSSR count). The molecule has 0 unspecified atom stereocenters. The summed E-state index contributed by atoms with van der Waals surface area (Å²) in [5.74, 6) is -0.0498. The molecule has 1 N–H and O–H groups in total. The predicted molar refractivity (Wildman–Crippen MR) is 79.8 cm³/mol. The maximum absolute atomic E-state index is 12.3. The van der Waals surface area contributed by atoms with Crippen LogP contribution in [0.2, 0.25) is 0 Å². The zero-order valence-electron chi connectivity index (χ0n) is 11.9. The topological polar surface area (TPSA) is 29.1 Å². The third kappa shape index (κ3) is 3.22. The fraction of sp³-hybridized carbons (Fsp3) is 0.235. The van der Waals surface area contributed by atoms with Crippen molar-refractivity contribution in [1.82, 2.24) is 0 Å². The van der Waals surface area contributed by atoms with E-state index >= 15 is 0 Å². The molecule has 0 heterocycles. The van der Waals surface area contributed by atoms with E-state index in [9.17, 15) is 4.79 Å². The van der Waals surface area contributed by atoms with Gasteiger partial charge in [0, 0.05) is 11.3 Å². The van der Waals surface area contributed by atoms with Gasteiger partial charge in [-0.25, -0.2) is 0 Å². The van der Waals surface area contributed by atoms with Gasteiger partial charge in [-0.05, 0) is 62.6 Å². The molecule has 0 aromatic heterocycles. The largest absolute Gasteiger partial charge is 0.322 e. The highest BCUT2D eigenvalue weighted by atomic mass is 16.1. The van der Waals surface area contributed by atoms with Crippen molar-refractivity contribution in [3.63, 3.8) is 0 Å². The second kappa shape index (κ2) is 5.27. The van der Waals surface area contributed by atoms with Crippen LogP contribution in [0, 0.1) is 27.7 Å². The Hall–Kier alpha value is -2.09. The van der Waals surface area contributed by atoms with Crippen molar-refractivity contribution in [3.8, 4) is 0 Å². The van der Waals surface area contributed by atoms with E-state index in [1.54, 1.807) is 0 Å². The summed E-state index contributed by atoms with van der Waals surface area (Å²) in [7, 11) is 0. The van der Waals surface area contributed by atoms with Crippen LogP contribution in [0.4, 0.5) is 5.69 Å². The minimum absolute atomic E-state index is 0.0498. The van der Waals surface area contributed by atoms with Crippen molar-refractivity contribution in [3.05, 3.63) is 64.2 Å². The molecule has 0 saturated carbocycles. The highest BCUT2D eigenvalue weighted by Crippen LogP contribution is 2.17. The summed E-state index contributed by atoms with van der Waals surface area (Å²) in [6.07, 6.45) is 0. The molecule has 0 radical (unpaired) electrons. The van der Waals surface area contributed by atoms with Gasteiger partial charge >= 0.3 is 0 Å². The Bertz CT molecular complexity index is 609. The van der Waals surface area contributed by atoms with Crippen LogP contribution in [0.25, 0.3) is 0 Å². The van der Waals surface area contributed by atoms with E-state index in [-0.39, 0.29) is 5.91 Å². The Morgan fingerprint density at radius 2 is 1.47 bits per heavy atom. The number of nitrogens with one attached hydrogen (secondary N) is 1. The average molecular weight is 253 g/mol. The lowest BCUT2D eigenvalue weighted by Crippen LogP contribution is -2.13. The van der Waals surface area contributed by atoms with Crippen molar-refractivity contribution >= 4 is 11.6 Å². The number of hydrogen-bond acceptors (Lipinski definition) is 1. The molecular formula is C17H19NO. The minimum atomic E-state index is -0.0498. The van der Waals surface area contributed by atoms with Gasteiger partial charge in [-0.1, -0.05) is 23.8 Å². The summed E-state index contributed by atoms with van der Waals surface area (Å²) in [6.45, 7) is 8.00. The smallest absolute Gasteiger partial charge is 0.255 e. The second-order valence-corrected chi connectivity index (χ2v) is 5.15. The van der Waals surface area contributed by atoms with Gasteiger partial charge in [0.05, 0.1) is 0 Å². The predicted octanol–water partition coefficient (Wildman–Crippen LogP) is 4.17. The minimum Gasteiger partial charge on any atom is -0.322 e. The van der Waals surface area contributed by atoms with E-state index in [0.717, 1.165) is 33.5 Å². The normalized spacial score (nSPS) is 10.3. The van der Waals surface area contributed by atoms with Crippen LogP contribution in [0.1, 0.15) is 32.6 Å². The molecule has 0 aliphatic carbocycles. The van der Waals surface area contributed by atoms with Crippen LogP contribution in [0.3, 0.4) is 0 Å². The molecule has 0 aliphatic heterocycles. The molecule has 98 valence electrons. The number of carbonyl (C=O) groups excluding carboxylic acids is 1. The van der Waals surface area contributed by atoms with Crippen molar-refractivity contribution in [2.45, 2.75) is 27.7 Å². The van der Waals surface area contributed by atoms with Crippen LogP contribution < -0.4 is 5.32 Å². The third-order valence-electron chi connectivity index (χ3n) is 3.12. The van der Waals surface area contributed by atoms with Crippen LogP contribution in [0.15, 0.2) is 36.4 Å². The second-order valence-electron chi connectivity index (χ2n) is 5.15. The number of amides is 1. The quantitative estimate of drug-likeness (QED) is 0.855. The number of carbonyl (C=O) groups is 1. The fourth-order valence-electron chi connectivity index (χ4n) is 2.23. The van der Waals surface area contributed by atoms with Crippen LogP contribution >= 0.6 is 0 Å². The molecule has 2 aromatic carbocycles. The van der Waals surface area contributed by atoms with E-state index in [0.29, 0.717) is 0 Å². The number of rotatable bonds is 2. The molecule has 0 atom stereocenters. The van der Waals surface area contributed by atoms with Crippen molar-refractivity contribution in [2.24, 2.45) is 0 Å². The molecule has 2 nitrogen and oxygen atoms in total. The molecular weight excluding hydrogens is 234 g/mol. The molecule has 0 fully saturated rings. The first kappa shape index (κ1) is 13.3. The van der Waals surface area contributed by atoms with Crippen molar-refractivity contribution < 1.29 is 4.79 Å². The van der Waals surface area contributed by atoms with E-state index in [1.807, 2.05) is 58.0 Å². The van der Waals surface area contributed by atoms with Gasteiger partial charge in [0.15, 0.2) is 0 Å². The molecule has 0 spiro atoms. The Morgan fingerprint density at radius 3 is 2.11 bits per heavy atom. The summed E-state index contributed by atoms with van der Waals surface area (Å²) in [4.78, 5) is 12.3. The lowest BCUT2D eigenvalue weighted by atomic mass is 10.0. The molecule has 2 aromatic rings. The van der Waals surface area contributed by atoms with Crippen LogP contribution in [-0.4, -0.2) is 5.91 Å².